The summed E-state index contributed by atoms with van der Waals surface area (Å²) in [5.74, 6) is -3.04. The van der Waals surface area contributed by atoms with Crippen LogP contribution in [0, 0.1) is 11.7 Å². The van der Waals surface area contributed by atoms with Crippen LogP contribution in [0.25, 0.3) is 0 Å². The number of alkyl halides is 2. The molecule has 0 aliphatic carbocycles. The van der Waals surface area contributed by atoms with E-state index in [1.807, 2.05) is 22.6 Å². The van der Waals surface area contributed by atoms with Crippen molar-refractivity contribution < 1.29 is 18.3 Å². The molecule has 0 spiro atoms. The minimum atomic E-state index is -1.58. The molecule has 0 aromatic carbocycles. The van der Waals surface area contributed by atoms with E-state index in [9.17, 15) is 18.4 Å². The fourth-order valence-corrected chi connectivity index (χ4v) is 3.35. The van der Waals surface area contributed by atoms with Gasteiger partial charge < -0.3 is 9.47 Å². The van der Waals surface area contributed by atoms with Crippen LogP contribution in [0.2, 0.25) is 0 Å². The number of aromatic amines is 1. The molecule has 1 aliphatic rings. The molecule has 112 valence electrons. The van der Waals surface area contributed by atoms with Gasteiger partial charge in [0.25, 0.3) is 5.56 Å². The predicted octanol–water partition coefficient (Wildman–Crippen LogP) is 0.956. The standard InChI is InChI=1S/C11H13F2IN2O4/c1-5-7(13)9(20-11(5,4-14)19-2)16-3-6(12)8(17)15-10(16)18/h3,5,7,9H,4H2,1-2H3,(H,15,17,18)/t5-,7-,9+,11+/m0/s1. The molecule has 2 rings (SSSR count). The van der Waals surface area contributed by atoms with Crippen LogP contribution in [-0.2, 0) is 9.47 Å². The lowest BCUT2D eigenvalue weighted by Crippen LogP contribution is -2.40. The highest BCUT2D eigenvalue weighted by Gasteiger charge is 2.54. The number of nitrogens with one attached hydrogen (secondary N) is 1. The van der Waals surface area contributed by atoms with Crippen LogP contribution in [0.3, 0.4) is 0 Å². The second kappa shape index (κ2) is 5.53. The molecule has 2 heterocycles. The van der Waals surface area contributed by atoms with Gasteiger partial charge in [-0.25, -0.2) is 9.18 Å². The van der Waals surface area contributed by atoms with Crippen LogP contribution in [0.1, 0.15) is 13.2 Å². The first kappa shape index (κ1) is 15.6. The molecule has 0 amide bonds. The molecular formula is C11H13F2IN2O4. The van der Waals surface area contributed by atoms with E-state index in [0.717, 1.165) is 0 Å². The van der Waals surface area contributed by atoms with E-state index < -0.39 is 41.2 Å². The molecule has 1 aromatic heterocycles. The molecule has 1 aromatic rings. The smallest absolute Gasteiger partial charge is 0.330 e. The second-order valence-corrected chi connectivity index (χ2v) is 5.30. The number of halogens is 3. The highest BCUT2D eigenvalue weighted by molar-refractivity contribution is 14.1. The van der Waals surface area contributed by atoms with Gasteiger partial charge >= 0.3 is 5.69 Å². The topological polar surface area (TPSA) is 73.3 Å². The molecule has 1 saturated heterocycles. The number of hydrogen-bond donors (Lipinski definition) is 1. The lowest BCUT2D eigenvalue weighted by molar-refractivity contribution is -0.223. The summed E-state index contributed by atoms with van der Waals surface area (Å²) in [4.78, 5) is 24.4. The lowest BCUT2D eigenvalue weighted by Gasteiger charge is -2.28. The predicted molar refractivity (Wildman–Crippen MR) is 74.1 cm³/mol. The van der Waals surface area contributed by atoms with Crippen molar-refractivity contribution in [3.8, 4) is 0 Å². The van der Waals surface area contributed by atoms with Crippen LogP contribution in [0.5, 0.6) is 0 Å². The van der Waals surface area contributed by atoms with Crippen molar-refractivity contribution >= 4 is 22.6 Å². The van der Waals surface area contributed by atoms with Gasteiger partial charge in [0.05, 0.1) is 10.6 Å². The zero-order valence-electron chi connectivity index (χ0n) is 10.7. The Labute approximate surface area is 126 Å². The monoisotopic (exact) mass is 402 g/mol. The molecule has 0 unspecified atom stereocenters. The van der Waals surface area contributed by atoms with Gasteiger partial charge in [0, 0.05) is 13.0 Å². The first-order valence-corrected chi connectivity index (χ1v) is 7.33. The van der Waals surface area contributed by atoms with Gasteiger partial charge in [-0.05, 0) is 0 Å². The molecule has 0 radical (unpaired) electrons. The van der Waals surface area contributed by atoms with Crippen molar-refractivity contribution in [2.45, 2.75) is 25.1 Å². The molecule has 6 nitrogen and oxygen atoms in total. The number of aromatic nitrogens is 2. The minimum absolute atomic E-state index is 0.333. The van der Waals surface area contributed by atoms with Gasteiger partial charge in [-0.2, -0.15) is 4.39 Å². The maximum absolute atomic E-state index is 14.4. The van der Waals surface area contributed by atoms with Gasteiger partial charge in [-0.15, -0.1) is 0 Å². The van der Waals surface area contributed by atoms with Crippen molar-refractivity contribution in [3.05, 3.63) is 32.9 Å². The summed E-state index contributed by atoms with van der Waals surface area (Å²) < 4.78 is 39.4. The molecule has 4 atom stereocenters. The Morgan fingerprint density at radius 2 is 2.25 bits per heavy atom. The third-order valence-corrected chi connectivity index (χ3v) is 4.56. The maximum atomic E-state index is 14.4. The fraction of sp³-hybridized carbons (Fsp3) is 0.636. The summed E-state index contributed by atoms with van der Waals surface area (Å²) in [5.41, 5.74) is -2.09. The Bertz CT molecular complexity index is 613. The quantitative estimate of drug-likeness (QED) is 0.604. The minimum Gasteiger partial charge on any atom is -0.352 e. The van der Waals surface area contributed by atoms with Crippen LogP contribution in [0.4, 0.5) is 8.78 Å². The van der Waals surface area contributed by atoms with Gasteiger partial charge in [0.1, 0.15) is 0 Å². The van der Waals surface area contributed by atoms with Crippen molar-refractivity contribution in [3.63, 3.8) is 0 Å². The Morgan fingerprint density at radius 1 is 1.60 bits per heavy atom. The van der Waals surface area contributed by atoms with Crippen LogP contribution < -0.4 is 11.2 Å². The average Bonchev–Trinajstić information content (AvgIpc) is 2.68. The van der Waals surface area contributed by atoms with Crippen molar-refractivity contribution in [1.29, 1.82) is 0 Å². The van der Waals surface area contributed by atoms with Crippen LogP contribution in [-0.4, -0.2) is 33.0 Å². The number of H-pyrrole nitrogens is 1. The number of hydrogen-bond acceptors (Lipinski definition) is 4. The Morgan fingerprint density at radius 3 is 2.75 bits per heavy atom. The fourth-order valence-electron chi connectivity index (χ4n) is 2.17. The number of ether oxygens (including phenoxy) is 2. The van der Waals surface area contributed by atoms with Crippen molar-refractivity contribution in [2.24, 2.45) is 5.92 Å². The molecule has 0 saturated carbocycles. The molecule has 9 heteroatoms. The van der Waals surface area contributed by atoms with E-state index in [-0.39, 0.29) is 0 Å². The molecule has 1 N–H and O–H groups in total. The summed E-state index contributed by atoms with van der Waals surface area (Å²) in [6, 6.07) is 0. The Hall–Kier alpha value is -0.810. The number of nitrogens with zero attached hydrogens (tertiary/aromatic N) is 1. The Balaban J connectivity index is 2.47. The van der Waals surface area contributed by atoms with Gasteiger partial charge in [-0.1, -0.05) is 29.5 Å². The second-order valence-electron chi connectivity index (χ2n) is 4.53. The normalized spacial score (nSPS) is 33.5. The lowest BCUT2D eigenvalue weighted by atomic mass is 9.99. The van der Waals surface area contributed by atoms with Gasteiger partial charge in [-0.3, -0.25) is 14.3 Å². The molecular weight excluding hydrogens is 389 g/mol. The van der Waals surface area contributed by atoms with Crippen LogP contribution in [0.15, 0.2) is 15.8 Å². The highest BCUT2D eigenvalue weighted by Crippen LogP contribution is 2.44. The zero-order chi connectivity index (χ0) is 15.1. The third-order valence-electron chi connectivity index (χ3n) is 3.49. The van der Waals surface area contributed by atoms with E-state index in [1.54, 1.807) is 11.9 Å². The largest absolute Gasteiger partial charge is 0.352 e. The first-order valence-electron chi connectivity index (χ1n) is 5.80. The van der Waals surface area contributed by atoms with Gasteiger partial charge in [0.2, 0.25) is 5.82 Å². The summed E-state index contributed by atoms with van der Waals surface area (Å²) >= 11 is 1.98. The summed E-state index contributed by atoms with van der Waals surface area (Å²) in [6.07, 6.45) is -2.28. The van der Waals surface area contributed by atoms with Crippen molar-refractivity contribution in [1.82, 2.24) is 9.55 Å². The summed E-state index contributed by atoms with van der Waals surface area (Å²) in [6.45, 7) is 1.58. The zero-order valence-corrected chi connectivity index (χ0v) is 12.9. The highest BCUT2D eigenvalue weighted by atomic mass is 127. The third kappa shape index (κ3) is 2.31. The molecule has 20 heavy (non-hydrogen) atoms. The number of rotatable bonds is 3. The molecule has 1 aliphatic heterocycles. The van der Waals surface area contributed by atoms with Crippen LogP contribution >= 0.6 is 22.6 Å². The summed E-state index contributed by atoms with van der Waals surface area (Å²) in [5, 5.41) is 0. The summed E-state index contributed by atoms with van der Waals surface area (Å²) in [7, 11) is 1.38. The Kier molecular flexibility index (Phi) is 4.30. The van der Waals surface area contributed by atoms with E-state index in [1.165, 1.54) is 7.11 Å². The van der Waals surface area contributed by atoms with E-state index in [4.69, 9.17) is 9.47 Å². The van der Waals surface area contributed by atoms with Crippen molar-refractivity contribution in [2.75, 3.05) is 11.5 Å². The van der Waals surface area contributed by atoms with E-state index in [2.05, 4.69) is 0 Å². The number of methoxy groups -OCH3 is 1. The van der Waals surface area contributed by atoms with E-state index in [0.29, 0.717) is 15.2 Å². The molecule has 1 fully saturated rings. The van der Waals surface area contributed by atoms with E-state index >= 15 is 0 Å². The maximum Gasteiger partial charge on any atom is 0.330 e. The SMILES string of the molecule is CO[C@]1(CI)O[C@@H](n2cc(F)c(=O)[nH]c2=O)[C@@H](F)[C@@H]1C. The molecule has 0 bridgehead atoms. The van der Waals surface area contributed by atoms with Gasteiger partial charge in [0.15, 0.2) is 18.2 Å². The average molecular weight is 402 g/mol. The first-order chi connectivity index (χ1) is 9.36.